The third kappa shape index (κ3) is 7.40. The second kappa shape index (κ2) is 13.1. The van der Waals surface area contributed by atoms with Crippen LogP contribution in [0, 0.1) is 5.82 Å². The lowest BCUT2D eigenvalue weighted by atomic mass is 9.93. The SMILES string of the molecule is COC(=O)CNC(=O)C1(NC(=O)Cc2ccc(OCc3ccc(F)cc3)cc2)Cc2ccc(-c3ccc(Cl)cc3)cc2C1. The molecular formula is C34H30ClFN2O5. The molecule has 0 bridgehead atoms. The number of hydrogen-bond donors (Lipinski definition) is 2. The Bertz CT molecular complexity index is 1620. The molecule has 220 valence electrons. The van der Waals surface area contributed by atoms with Crippen molar-refractivity contribution in [3.63, 3.8) is 0 Å². The second-order valence-corrected chi connectivity index (χ2v) is 10.9. The van der Waals surface area contributed by atoms with Crippen LogP contribution >= 0.6 is 11.6 Å². The van der Waals surface area contributed by atoms with Gasteiger partial charge in [0.05, 0.1) is 13.5 Å². The summed E-state index contributed by atoms with van der Waals surface area (Å²) in [4.78, 5) is 38.6. The Morgan fingerprint density at radius 2 is 1.49 bits per heavy atom. The lowest BCUT2D eigenvalue weighted by molar-refractivity contribution is -0.142. The minimum absolute atomic E-state index is 0.0383. The maximum Gasteiger partial charge on any atom is 0.325 e. The van der Waals surface area contributed by atoms with E-state index >= 15 is 0 Å². The van der Waals surface area contributed by atoms with E-state index in [2.05, 4.69) is 15.4 Å². The van der Waals surface area contributed by atoms with E-state index in [1.54, 1.807) is 36.4 Å². The summed E-state index contributed by atoms with van der Waals surface area (Å²) in [5, 5.41) is 6.25. The average Bonchev–Trinajstić information content (AvgIpc) is 3.38. The Balaban J connectivity index is 1.28. The van der Waals surface area contributed by atoms with Gasteiger partial charge in [-0.05, 0) is 69.8 Å². The topological polar surface area (TPSA) is 93.7 Å². The summed E-state index contributed by atoms with van der Waals surface area (Å²) in [5.41, 5.74) is 4.11. The normalized spacial score (nSPS) is 15.3. The molecule has 0 fully saturated rings. The van der Waals surface area contributed by atoms with Crippen LogP contribution in [0.1, 0.15) is 22.3 Å². The van der Waals surface area contributed by atoms with Gasteiger partial charge in [-0.3, -0.25) is 14.4 Å². The summed E-state index contributed by atoms with van der Waals surface area (Å²) in [5.74, 6) is -1.08. The van der Waals surface area contributed by atoms with Crippen LogP contribution in [0.25, 0.3) is 11.1 Å². The molecule has 5 rings (SSSR count). The van der Waals surface area contributed by atoms with Gasteiger partial charge in [0.1, 0.15) is 30.3 Å². The number of amides is 2. The van der Waals surface area contributed by atoms with E-state index in [4.69, 9.17) is 16.3 Å². The van der Waals surface area contributed by atoms with Crippen LogP contribution in [0.3, 0.4) is 0 Å². The maximum absolute atomic E-state index is 13.5. The first-order valence-electron chi connectivity index (χ1n) is 13.7. The van der Waals surface area contributed by atoms with Crippen LogP contribution in [-0.4, -0.2) is 37.0 Å². The zero-order chi connectivity index (χ0) is 30.4. The van der Waals surface area contributed by atoms with Crippen LogP contribution < -0.4 is 15.4 Å². The number of methoxy groups -OCH3 is 1. The van der Waals surface area contributed by atoms with Crippen molar-refractivity contribution in [2.45, 2.75) is 31.4 Å². The van der Waals surface area contributed by atoms with Crippen LogP contribution in [-0.2, 0) is 45.0 Å². The fourth-order valence-corrected chi connectivity index (χ4v) is 5.27. The van der Waals surface area contributed by atoms with Crippen LogP contribution in [0.5, 0.6) is 5.75 Å². The van der Waals surface area contributed by atoms with E-state index in [0.29, 0.717) is 10.8 Å². The predicted octanol–water partition coefficient (Wildman–Crippen LogP) is 5.21. The summed E-state index contributed by atoms with van der Waals surface area (Å²) in [6, 6.07) is 26.6. The van der Waals surface area contributed by atoms with Crippen molar-refractivity contribution in [2.24, 2.45) is 0 Å². The summed E-state index contributed by atoms with van der Waals surface area (Å²) < 4.78 is 23.6. The van der Waals surface area contributed by atoms with Crippen molar-refractivity contribution >= 4 is 29.4 Å². The summed E-state index contributed by atoms with van der Waals surface area (Å²) in [7, 11) is 1.24. The molecule has 0 radical (unpaired) electrons. The maximum atomic E-state index is 13.5. The predicted molar refractivity (Wildman–Crippen MR) is 161 cm³/mol. The Morgan fingerprint density at radius 1 is 0.837 bits per heavy atom. The van der Waals surface area contributed by atoms with Gasteiger partial charge in [0.25, 0.3) is 0 Å². The molecule has 43 heavy (non-hydrogen) atoms. The molecule has 0 aliphatic heterocycles. The van der Waals surface area contributed by atoms with E-state index in [1.165, 1.54) is 19.2 Å². The smallest absolute Gasteiger partial charge is 0.325 e. The highest BCUT2D eigenvalue weighted by atomic mass is 35.5. The fourth-order valence-electron chi connectivity index (χ4n) is 5.14. The van der Waals surface area contributed by atoms with Gasteiger partial charge in [-0.15, -0.1) is 0 Å². The van der Waals surface area contributed by atoms with Gasteiger partial charge in [-0.1, -0.05) is 66.2 Å². The van der Waals surface area contributed by atoms with E-state index in [0.717, 1.165) is 33.4 Å². The van der Waals surface area contributed by atoms with Crippen molar-refractivity contribution < 1.29 is 28.2 Å². The number of halogens is 2. The number of carbonyl (C=O) groups excluding carboxylic acids is 3. The fraction of sp³-hybridized carbons (Fsp3) is 0.206. The quantitative estimate of drug-likeness (QED) is 0.244. The van der Waals surface area contributed by atoms with Crippen molar-refractivity contribution in [1.29, 1.82) is 0 Å². The largest absolute Gasteiger partial charge is 0.489 e. The molecule has 1 unspecified atom stereocenters. The molecule has 4 aromatic carbocycles. The number of hydrogen-bond acceptors (Lipinski definition) is 5. The lowest BCUT2D eigenvalue weighted by Crippen LogP contribution is -2.60. The second-order valence-electron chi connectivity index (χ2n) is 10.5. The third-order valence-corrected chi connectivity index (χ3v) is 7.66. The van der Waals surface area contributed by atoms with Gasteiger partial charge >= 0.3 is 5.97 Å². The zero-order valence-corrected chi connectivity index (χ0v) is 24.2. The number of fused-ring (bicyclic) bond motifs is 1. The number of rotatable bonds is 10. The first-order valence-corrected chi connectivity index (χ1v) is 14.1. The molecule has 1 aliphatic carbocycles. The monoisotopic (exact) mass is 600 g/mol. The van der Waals surface area contributed by atoms with E-state index < -0.39 is 17.4 Å². The standard InChI is InChI=1S/C34H30ClFN2O5/c1-42-32(40)20-37-33(41)34(18-26-7-6-25(17-27(26)19-34)24-8-10-28(35)11-9-24)38-31(39)16-22-4-14-30(15-5-22)43-21-23-2-12-29(36)13-3-23/h2-15,17H,16,18-21H2,1H3,(H,37,41)(H,38,39). The number of nitrogens with one attached hydrogen (secondary N) is 2. The Labute approximate surface area is 254 Å². The minimum atomic E-state index is -1.27. The van der Waals surface area contributed by atoms with Gasteiger partial charge in [-0.25, -0.2) is 4.39 Å². The summed E-state index contributed by atoms with van der Waals surface area (Å²) in [6.45, 7) is -0.0255. The van der Waals surface area contributed by atoms with Gasteiger partial charge < -0.3 is 20.1 Å². The number of esters is 1. The van der Waals surface area contributed by atoms with Crippen LogP contribution in [0.2, 0.25) is 5.02 Å². The summed E-state index contributed by atoms with van der Waals surface area (Å²) in [6.07, 6.45) is 0.577. The number of carbonyl (C=O) groups is 3. The minimum Gasteiger partial charge on any atom is -0.489 e. The molecule has 0 saturated carbocycles. The zero-order valence-electron chi connectivity index (χ0n) is 23.5. The highest BCUT2D eigenvalue weighted by Crippen LogP contribution is 2.34. The molecule has 1 aliphatic rings. The van der Waals surface area contributed by atoms with Crippen LogP contribution in [0.4, 0.5) is 4.39 Å². The molecule has 0 aromatic heterocycles. The van der Waals surface area contributed by atoms with Crippen molar-refractivity contribution in [3.05, 3.63) is 124 Å². The van der Waals surface area contributed by atoms with E-state index in [1.807, 2.05) is 42.5 Å². The Hall–Kier alpha value is -4.69. The third-order valence-electron chi connectivity index (χ3n) is 7.41. The van der Waals surface area contributed by atoms with E-state index in [-0.39, 0.29) is 44.1 Å². The lowest BCUT2D eigenvalue weighted by Gasteiger charge is -2.29. The first kappa shape index (κ1) is 29.8. The van der Waals surface area contributed by atoms with Gasteiger partial charge in [0.2, 0.25) is 11.8 Å². The van der Waals surface area contributed by atoms with Gasteiger partial charge in [0, 0.05) is 17.9 Å². The summed E-state index contributed by atoms with van der Waals surface area (Å²) >= 11 is 6.05. The van der Waals surface area contributed by atoms with Crippen molar-refractivity contribution in [1.82, 2.24) is 10.6 Å². The van der Waals surface area contributed by atoms with Crippen LogP contribution in [0.15, 0.2) is 91.0 Å². The number of benzene rings is 4. The first-order chi connectivity index (χ1) is 20.7. The Kier molecular flexibility index (Phi) is 9.07. The van der Waals surface area contributed by atoms with E-state index in [9.17, 15) is 18.8 Å². The molecular weight excluding hydrogens is 571 g/mol. The molecule has 2 amide bonds. The molecule has 0 heterocycles. The van der Waals surface area contributed by atoms with Gasteiger partial charge in [0.15, 0.2) is 0 Å². The molecule has 9 heteroatoms. The molecule has 2 N–H and O–H groups in total. The molecule has 0 spiro atoms. The van der Waals surface area contributed by atoms with Crippen molar-refractivity contribution in [2.75, 3.05) is 13.7 Å². The molecule has 4 aromatic rings. The molecule has 1 atom stereocenters. The Morgan fingerprint density at radius 3 is 2.19 bits per heavy atom. The highest BCUT2D eigenvalue weighted by molar-refractivity contribution is 6.30. The average molecular weight is 601 g/mol. The highest BCUT2D eigenvalue weighted by Gasteiger charge is 2.45. The van der Waals surface area contributed by atoms with Crippen molar-refractivity contribution in [3.8, 4) is 16.9 Å². The molecule has 0 saturated heterocycles. The van der Waals surface area contributed by atoms with Gasteiger partial charge in [-0.2, -0.15) is 0 Å². The molecule has 7 nitrogen and oxygen atoms in total. The number of ether oxygens (including phenoxy) is 2.